The van der Waals surface area contributed by atoms with E-state index in [4.69, 9.17) is 0 Å². The maximum Gasteiger partial charge on any atom is 0.0571 e. The Bertz CT molecular complexity index is 174. The van der Waals surface area contributed by atoms with E-state index < -0.39 is 0 Å². The Hall–Kier alpha value is -0.0400. The predicted octanol–water partition coefficient (Wildman–Crippen LogP) is 2.05. The Morgan fingerprint density at radius 2 is 1.91 bits per heavy atom. The minimum absolute atomic E-state index is 0.00762. The third-order valence-corrected chi connectivity index (χ3v) is 4.31. The minimum Gasteiger partial charge on any atom is -0.393 e. The van der Waals surface area contributed by atoms with Crippen LogP contribution >= 0.6 is 0 Å². The highest BCUT2D eigenvalue weighted by Gasteiger charge is 2.55. The molecule has 0 radical (unpaired) electrons. The number of aliphatic hydroxyl groups is 1. The summed E-state index contributed by atoms with van der Waals surface area (Å²) in [5, 5.41) is 9.61. The van der Waals surface area contributed by atoms with Crippen LogP contribution in [0.5, 0.6) is 0 Å². The maximum absolute atomic E-state index is 9.61. The van der Waals surface area contributed by atoms with Crippen LogP contribution in [0.25, 0.3) is 0 Å². The molecule has 1 N–H and O–H groups in total. The standard InChI is InChI=1S/C10H18O/c1-6-8-4-7(5-9(6)11)10(8,2)3/h6-9,11H,4-5H2,1-3H3/t6-,7?,8?,9-/m0/s1. The third kappa shape index (κ3) is 0.807. The zero-order valence-corrected chi connectivity index (χ0v) is 7.67. The van der Waals surface area contributed by atoms with Crippen LogP contribution < -0.4 is 0 Å². The summed E-state index contributed by atoms with van der Waals surface area (Å²) in [5.74, 6) is 2.13. The van der Waals surface area contributed by atoms with Crippen molar-refractivity contribution in [1.29, 1.82) is 0 Å². The molecule has 1 nitrogen and oxygen atoms in total. The maximum atomic E-state index is 9.61. The Balaban J connectivity index is 2.17. The van der Waals surface area contributed by atoms with Crippen molar-refractivity contribution >= 4 is 0 Å². The molecule has 3 rings (SSSR count). The number of rotatable bonds is 0. The second-order valence-corrected chi connectivity index (χ2v) is 5.02. The van der Waals surface area contributed by atoms with Gasteiger partial charge < -0.3 is 5.11 Å². The van der Waals surface area contributed by atoms with Gasteiger partial charge in [-0.15, -0.1) is 0 Å². The van der Waals surface area contributed by atoms with Crippen LogP contribution in [0.3, 0.4) is 0 Å². The lowest BCUT2D eigenvalue weighted by atomic mass is 9.45. The highest BCUT2D eigenvalue weighted by atomic mass is 16.3. The molecule has 3 aliphatic rings. The number of aliphatic hydroxyl groups excluding tert-OH is 1. The van der Waals surface area contributed by atoms with Crippen molar-refractivity contribution in [2.45, 2.75) is 39.7 Å². The van der Waals surface area contributed by atoms with Gasteiger partial charge in [-0.25, -0.2) is 0 Å². The van der Waals surface area contributed by atoms with Crippen LogP contribution in [-0.2, 0) is 0 Å². The van der Waals surface area contributed by atoms with Gasteiger partial charge in [0.05, 0.1) is 6.10 Å². The second kappa shape index (κ2) is 2.01. The molecule has 0 aromatic carbocycles. The van der Waals surface area contributed by atoms with Crippen molar-refractivity contribution in [1.82, 2.24) is 0 Å². The van der Waals surface area contributed by atoms with Gasteiger partial charge in [-0.05, 0) is 36.0 Å². The normalized spacial score (nSPS) is 53.5. The molecule has 3 saturated carbocycles. The monoisotopic (exact) mass is 154 g/mol. The Morgan fingerprint density at radius 3 is 2.27 bits per heavy atom. The molecule has 0 heterocycles. The molecule has 3 fully saturated rings. The first kappa shape index (κ1) is 7.60. The van der Waals surface area contributed by atoms with Gasteiger partial charge in [0.2, 0.25) is 0 Å². The minimum atomic E-state index is -0.00762. The van der Waals surface area contributed by atoms with E-state index in [9.17, 15) is 5.11 Å². The Kier molecular flexibility index (Phi) is 1.39. The molecule has 2 bridgehead atoms. The van der Waals surface area contributed by atoms with Gasteiger partial charge in [0.25, 0.3) is 0 Å². The largest absolute Gasteiger partial charge is 0.393 e. The van der Waals surface area contributed by atoms with Crippen molar-refractivity contribution < 1.29 is 5.11 Å². The lowest BCUT2D eigenvalue weighted by Crippen LogP contribution is -2.56. The summed E-state index contributed by atoms with van der Waals surface area (Å²) in [4.78, 5) is 0. The van der Waals surface area contributed by atoms with Crippen LogP contribution in [0.4, 0.5) is 0 Å². The van der Waals surface area contributed by atoms with E-state index in [1.54, 1.807) is 0 Å². The van der Waals surface area contributed by atoms with E-state index in [-0.39, 0.29) is 6.10 Å². The zero-order valence-electron chi connectivity index (χ0n) is 7.67. The summed E-state index contributed by atoms with van der Waals surface area (Å²) in [6.07, 6.45) is 2.40. The second-order valence-electron chi connectivity index (χ2n) is 5.02. The van der Waals surface area contributed by atoms with Gasteiger partial charge in [-0.2, -0.15) is 0 Å². The van der Waals surface area contributed by atoms with Crippen molar-refractivity contribution in [2.75, 3.05) is 0 Å². The fraction of sp³-hybridized carbons (Fsp3) is 1.00. The Labute approximate surface area is 68.8 Å². The molecule has 2 unspecified atom stereocenters. The van der Waals surface area contributed by atoms with Crippen molar-refractivity contribution in [3.8, 4) is 0 Å². The summed E-state index contributed by atoms with van der Waals surface area (Å²) in [7, 11) is 0. The van der Waals surface area contributed by atoms with Gasteiger partial charge >= 0.3 is 0 Å². The molecule has 11 heavy (non-hydrogen) atoms. The smallest absolute Gasteiger partial charge is 0.0571 e. The molecule has 3 aliphatic carbocycles. The summed E-state index contributed by atoms with van der Waals surface area (Å²) >= 11 is 0. The van der Waals surface area contributed by atoms with Crippen LogP contribution in [-0.4, -0.2) is 11.2 Å². The number of fused-ring (bicyclic) bond motifs is 2. The Morgan fingerprint density at radius 1 is 1.27 bits per heavy atom. The number of hydrogen-bond donors (Lipinski definition) is 1. The van der Waals surface area contributed by atoms with E-state index in [0.29, 0.717) is 11.3 Å². The molecule has 64 valence electrons. The molecule has 0 aromatic heterocycles. The van der Waals surface area contributed by atoms with E-state index in [2.05, 4.69) is 20.8 Å². The molecule has 0 saturated heterocycles. The van der Waals surface area contributed by atoms with E-state index in [1.807, 2.05) is 0 Å². The van der Waals surface area contributed by atoms with Crippen molar-refractivity contribution in [3.63, 3.8) is 0 Å². The number of hydrogen-bond acceptors (Lipinski definition) is 1. The van der Waals surface area contributed by atoms with Gasteiger partial charge in [-0.1, -0.05) is 20.8 Å². The van der Waals surface area contributed by atoms with Crippen LogP contribution in [0.15, 0.2) is 0 Å². The highest BCUT2D eigenvalue weighted by molar-refractivity contribution is 5.04. The first-order valence-electron chi connectivity index (χ1n) is 4.71. The summed E-state index contributed by atoms with van der Waals surface area (Å²) < 4.78 is 0. The molecular weight excluding hydrogens is 136 g/mol. The van der Waals surface area contributed by atoms with Crippen LogP contribution in [0, 0.1) is 23.2 Å². The molecule has 1 heteroatoms. The molecule has 4 atom stereocenters. The summed E-state index contributed by atoms with van der Waals surface area (Å²) in [5.41, 5.74) is 0.526. The zero-order chi connectivity index (χ0) is 8.22. The quantitative estimate of drug-likeness (QED) is 0.566. The molecule has 0 aromatic rings. The van der Waals surface area contributed by atoms with Crippen molar-refractivity contribution in [3.05, 3.63) is 0 Å². The predicted molar refractivity (Wildman–Crippen MR) is 45.2 cm³/mol. The SMILES string of the molecule is C[C@H]1C2CC(C[C@@H]1O)C2(C)C. The van der Waals surface area contributed by atoms with Crippen LogP contribution in [0.1, 0.15) is 33.6 Å². The fourth-order valence-electron chi connectivity index (χ4n) is 3.12. The molecular formula is C10H18O. The fourth-order valence-corrected chi connectivity index (χ4v) is 3.12. The lowest BCUT2D eigenvalue weighted by molar-refractivity contribution is -0.154. The molecule has 0 spiro atoms. The molecule has 0 aliphatic heterocycles. The third-order valence-electron chi connectivity index (χ3n) is 4.31. The first-order chi connectivity index (χ1) is 5.03. The van der Waals surface area contributed by atoms with E-state index in [0.717, 1.165) is 18.3 Å². The highest BCUT2D eigenvalue weighted by Crippen LogP contribution is 2.61. The average Bonchev–Trinajstić information content (AvgIpc) is 1.93. The van der Waals surface area contributed by atoms with Gasteiger partial charge in [0.15, 0.2) is 0 Å². The summed E-state index contributed by atoms with van der Waals surface area (Å²) in [6.45, 7) is 6.91. The van der Waals surface area contributed by atoms with Crippen molar-refractivity contribution in [2.24, 2.45) is 23.2 Å². The van der Waals surface area contributed by atoms with Gasteiger partial charge in [0.1, 0.15) is 0 Å². The van der Waals surface area contributed by atoms with E-state index in [1.165, 1.54) is 6.42 Å². The van der Waals surface area contributed by atoms with E-state index >= 15 is 0 Å². The summed E-state index contributed by atoms with van der Waals surface area (Å²) in [6, 6.07) is 0. The van der Waals surface area contributed by atoms with Gasteiger partial charge in [0, 0.05) is 0 Å². The first-order valence-corrected chi connectivity index (χ1v) is 4.71. The lowest BCUT2D eigenvalue weighted by Gasteiger charge is -2.61. The molecule has 0 amide bonds. The topological polar surface area (TPSA) is 20.2 Å². The van der Waals surface area contributed by atoms with Crippen LogP contribution in [0.2, 0.25) is 0 Å². The average molecular weight is 154 g/mol. The van der Waals surface area contributed by atoms with Gasteiger partial charge in [-0.3, -0.25) is 0 Å².